The van der Waals surface area contributed by atoms with Crippen LogP contribution in [0, 0.1) is 13.8 Å². The molecule has 19 nitrogen and oxygen atoms in total. The van der Waals surface area contributed by atoms with E-state index in [0.29, 0.717) is 103 Å². The zero-order chi connectivity index (χ0) is 46.6. The van der Waals surface area contributed by atoms with E-state index in [2.05, 4.69) is 53.0 Å². The largest absolute Gasteiger partial charge is 0.484 e. The maximum atomic E-state index is 13.6. The number of fused-ring (bicyclic) bond motifs is 1. The summed E-state index contributed by atoms with van der Waals surface area (Å²) in [6, 6.07) is 8.90. The monoisotopic (exact) mass is 925 g/mol. The fourth-order valence-electron chi connectivity index (χ4n) is 8.23. The van der Waals surface area contributed by atoms with Crippen LogP contribution in [0.3, 0.4) is 0 Å². The standard InChI is InChI=1S/C46H59N11O8S/c1-29-23-35(10-11-36(29)43(61)54-46-51-24-30(2)66-46)65-28-40(60)48-14-20-64-22-21-63-19-13-47-39(59)27-55-15-17-56(18-16-55)34-9-12-38(49-25-34)52-45-50-26-37-31(3)41(32(4)58)44(62)57(42(37)53-45)33-7-5-6-8-33/h9-12,23,25-26,30,33H,5-8,13-22,24,27-28H2,1-4H3,(H,47,59)(H,48,60)(H,51,54,61)(H,49,50,52,53). The van der Waals surface area contributed by atoms with Gasteiger partial charge < -0.3 is 40.4 Å². The third kappa shape index (κ3) is 12.7. The number of nitrogens with one attached hydrogen (secondary N) is 4. The molecule has 3 aromatic heterocycles. The maximum absolute atomic E-state index is 13.6. The number of anilines is 3. The predicted octanol–water partition coefficient (Wildman–Crippen LogP) is 3.55. The second-order valence-electron chi connectivity index (χ2n) is 16.6. The molecule has 0 bridgehead atoms. The number of hydrogen-bond donors (Lipinski definition) is 4. The van der Waals surface area contributed by atoms with Gasteiger partial charge in [0.05, 0.1) is 57.0 Å². The summed E-state index contributed by atoms with van der Waals surface area (Å²) in [5.74, 6) is 0.529. The van der Waals surface area contributed by atoms with Crippen LogP contribution in [0.2, 0.25) is 0 Å². The Labute approximate surface area is 387 Å². The first-order valence-corrected chi connectivity index (χ1v) is 23.4. The average molecular weight is 926 g/mol. The Morgan fingerprint density at radius 1 is 0.879 bits per heavy atom. The van der Waals surface area contributed by atoms with Crippen LogP contribution in [-0.4, -0.2) is 144 Å². The Kier molecular flexibility index (Phi) is 16.7. The number of hydrogen-bond acceptors (Lipinski definition) is 16. The summed E-state index contributed by atoms with van der Waals surface area (Å²) < 4.78 is 18.4. The van der Waals surface area contributed by atoms with E-state index in [4.69, 9.17) is 19.2 Å². The smallest absolute Gasteiger partial charge is 0.263 e. The fraction of sp³-hybridized carbons (Fsp3) is 0.500. The van der Waals surface area contributed by atoms with Crippen LogP contribution in [0.4, 0.5) is 17.5 Å². The van der Waals surface area contributed by atoms with Gasteiger partial charge in [-0.05, 0) is 75.1 Å². The zero-order valence-corrected chi connectivity index (χ0v) is 38.8. The van der Waals surface area contributed by atoms with Crippen LogP contribution in [-0.2, 0) is 19.1 Å². The first kappa shape index (κ1) is 48.0. The number of thioether (sulfide) groups is 1. The molecule has 3 aliphatic rings. The number of pyridine rings is 2. The number of carbonyl (C=O) groups is 4. The molecule has 2 aliphatic heterocycles. The lowest BCUT2D eigenvalue weighted by atomic mass is 10.0. The van der Waals surface area contributed by atoms with E-state index in [0.717, 1.165) is 63.1 Å². The van der Waals surface area contributed by atoms with E-state index in [1.807, 2.05) is 19.1 Å². The van der Waals surface area contributed by atoms with Crippen LogP contribution in [0.1, 0.15) is 77.4 Å². The third-order valence-corrected chi connectivity index (χ3v) is 12.7. The molecule has 2 fully saturated rings. The summed E-state index contributed by atoms with van der Waals surface area (Å²) in [6.45, 7) is 12.9. The van der Waals surface area contributed by atoms with E-state index in [-0.39, 0.29) is 47.3 Å². The van der Waals surface area contributed by atoms with Crippen LogP contribution in [0.15, 0.2) is 52.5 Å². The number of ketones is 1. The number of aryl methyl sites for hydroxylation is 2. The molecule has 1 aliphatic carbocycles. The van der Waals surface area contributed by atoms with Gasteiger partial charge in [0.2, 0.25) is 11.9 Å². The van der Waals surface area contributed by atoms with Crippen molar-refractivity contribution in [3.63, 3.8) is 0 Å². The lowest BCUT2D eigenvalue weighted by molar-refractivity contribution is -0.124. The van der Waals surface area contributed by atoms with Crippen molar-refractivity contribution >= 4 is 68.9 Å². The van der Waals surface area contributed by atoms with Gasteiger partial charge in [0.15, 0.2) is 17.6 Å². The van der Waals surface area contributed by atoms with Gasteiger partial charge in [-0.15, -0.1) is 0 Å². The minimum Gasteiger partial charge on any atom is -0.484 e. The maximum Gasteiger partial charge on any atom is 0.263 e. The van der Waals surface area contributed by atoms with Crippen LogP contribution < -0.4 is 36.5 Å². The first-order valence-electron chi connectivity index (χ1n) is 22.5. The highest BCUT2D eigenvalue weighted by atomic mass is 32.2. The zero-order valence-electron chi connectivity index (χ0n) is 38.0. The second kappa shape index (κ2) is 23.0. The average Bonchev–Trinajstić information content (AvgIpc) is 3.98. The first-order chi connectivity index (χ1) is 31.9. The van der Waals surface area contributed by atoms with Gasteiger partial charge in [0.25, 0.3) is 17.4 Å². The molecule has 1 saturated heterocycles. The van der Waals surface area contributed by atoms with Gasteiger partial charge in [-0.25, -0.2) is 9.97 Å². The Hall–Kier alpha value is -5.96. The number of rotatable bonds is 20. The van der Waals surface area contributed by atoms with Crippen molar-refractivity contribution < 1.29 is 33.4 Å². The molecule has 3 amide bonds. The molecular weight excluding hydrogens is 867 g/mol. The van der Waals surface area contributed by atoms with Gasteiger partial charge >= 0.3 is 0 Å². The van der Waals surface area contributed by atoms with Crippen molar-refractivity contribution in [2.75, 3.05) is 95.6 Å². The molecular formula is C46H59N11O8S. The molecule has 20 heteroatoms. The Morgan fingerprint density at radius 2 is 1.61 bits per heavy atom. The Morgan fingerprint density at radius 3 is 2.26 bits per heavy atom. The number of ether oxygens (including phenoxy) is 3. The number of aromatic nitrogens is 4. The Bertz CT molecular complexity index is 2470. The molecule has 0 radical (unpaired) electrons. The van der Waals surface area contributed by atoms with E-state index < -0.39 is 0 Å². The molecule has 1 aromatic carbocycles. The third-order valence-electron chi connectivity index (χ3n) is 11.7. The molecule has 1 saturated carbocycles. The van der Waals surface area contributed by atoms with Crippen molar-refractivity contribution in [3.05, 3.63) is 75.3 Å². The van der Waals surface area contributed by atoms with Gasteiger partial charge in [0.1, 0.15) is 17.2 Å². The summed E-state index contributed by atoms with van der Waals surface area (Å²) in [6.07, 6.45) is 7.26. The SMILES string of the molecule is CC(=O)c1c(C)c2cnc(Nc3ccc(N4CCN(CC(=O)NCCOCCOCCNC(=O)COc5ccc(C(=O)NC6=NCC(C)S6)c(C)c5)CC4)cn3)nc2n(C2CCCC2)c1=O. The van der Waals surface area contributed by atoms with Gasteiger partial charge in [-0.2, -0.15) is 4.98 Å². The van der Waals surface area contributed by atoms with Gasteiger partial charge in [0, 0.05) is 67.7 Å². The number of aliphatic imine (C=N–C) groups is 1. The number of piperazine rings is 1. The number of amidine groups is 1. The van der Waals surface area contributed by atoms with E-state index >= 15 is 0 Å². The summed E-state index contributed by atoms with van der Waals surface area (Å²) in [7, 11) is 0. The highest BCUT2D eigenvalue weighted by molar-refractivity contribution is 8.14. The number of Topliss-reactive ketones (excluding diaryl/α,β-unsaturated/α-hetero) is 1. The molecule has 7 rings (SSSR count). The van der Waals surface area contributed by atoms with E-state index in [1.165, 1.54) is 18.7 Å². The van der Waals surface area contributed by atoms with Crippen molar-refractivity contribution in [2.24, 2.45) is 4.99 Å². The Balaban J connectivity index is 0.727. The normalized spacial score (nSPS) is 16.6. The van der Waals surface area contributed by atoms with Crippen molar-refractivity contribution in [2.45, 2.75) is 64.7 Å². The molecule has 4 N–H and O–H groups in total. The molecule has 352 valence electrons. The number of nitrogens with zero attached hydrogens (tertiary/aromatic N) is 7. The van der Waals surface area contributed by atoms with Crippen molar-refractivity contribution in [3.8, 4) is 5.75 Å². The lowest BCUT2D eigenvalue weighted by Crippen LogP contribution is -2.49. The number of carbonyl (C=O) groups excluding carboxylic acids is 4. The number of benzene rings is 1. The lowest BCUT2D eigenvalue weighted by Gasteiger charge is -2.35. The summed E-state index contributed by atoms with van der Waals surface area (Å²) in [5, 5.41) is 13.4. The van der Waals surface area contributed by atoms with Crippen LogP contribution >= 0.6 is 11.8 Å². The van der Waals surface area contributed by atoms with Crippen molar-refractivity contribution in [1.82, 2.24) is 40.4 Å². The predicted molar refractivity (Wildman–Crippen MR) is 253 cm³/mol. The van der Waals surface area contributed by atoms with Gasteiger partial charge in [-0.1, -0.05) is 31.5 Å². The molecule has 1 unspecified atom stereocenters. The van der Waals surface area contributed by atoms with Crippen LogP contribution in [0.5, 0.6) is 5.75 Å². The van der Waals surface area contributed by atoms with E-state index in [1.54, 1.807) is 42.1 Å². The molecule has 5 heterocycles. The van der Waals surface area contributed by atoms with Gasteiger partial charge in [-0.3, -0.25) is 38.4 Å². The minimum absolute atomic E-state index is 0.00541. The topological polar surface area (TPSA) is 224 Å². The molecule has 4 aromatic rings. The second-order valence-corrected chi connectivity index (χ2v) is 18.0. The van der Waals surface area contributed by atoms with Crippen molar-refractivity contribution in [1.29, 1.82) is 0 Å². The summed E-state index contributed by atoms with van der Waals surface area (Å²) in [4.78, 5) is 86.0. The molecule has 66 heavy (non-hydrogen) atoms. The van der Waals surface area contributed by atoms with Crippen LogP contribution in [0.25, 0.3) is 11.0 Å². The summed E-state index contributed by atoms with van der Waals surface area (Å²) >= 11 is 1.54. The minimum atomic E-state index is -0.291. The number of amides is 3. The molecule has 0 spiro atoms. The van der Waals surface area contributed by atoms with E-state index in [9.17, 15) is 24.0 Å². The highest BCUT2D eigenvalue weighted by Gasteiger charge is 2.26. The summed E-state index contributed by atoms with van der Waals surface area (Å²) in [5.41, 5.74) is 3.25. The highest BCUT2D eigenvalue weighted by Crippen LogP contribution is 2.32. The quantitative estimate of drug-likeness (QED) is 0.0735. The molecule has 1 atom stereocenters. The fourth-order valence-corrected chi connectivity index (χ4v) is 9.06.